The minimum Gasteiger partial charge on any atom is -0.365 e. The van der Waals surface area contributed by atoms with Crippen LogP contribution < -0.4 is 16.6 Å². The van der Waals surface area contributed by atoms with Crippen LogP contribution in [0.15, 0.2) is 6.33 Å². The van der Waals surface area contributed by atoms with E-state index < -0.39 is 0 Å². The number of rotatable bonds is 7. The van der Waals surface area contributed by atoms with Crippen LogP contribution in [0.1, 0.15) is 26.3 Å². The molecular formula is C13H26N6. The molecule has 0 aliphatic rings. The Morgan fingerprint density at radius 1 is 1.26 bits per heavy atom. The molecule has 1 unspecified atom stereocenters. The quantitative estimate of drug-likeness (QED) is 0.510. The maximum atomic E-state index is 5.49. The van der Waals surface area contributed by atoms with Crippen LogP contribution in [-0.2, 0) is 6.42 Å². The first-order valence-electron chi connectivity index (χ1n) is 6.71. The third-order valence-corrected chi connectivity index (χ3v) is 3.12. The molecule has 19 heavy (non-hydrogen) atoms. The summed E-state index contributed by atoms with van der Waals surface area (Å²) in [7, 11) is 4.15. The molecule has 0 spiro atoms. The molecule has 0 aliphatic heterocycles. The van der Waals surface area contributed by atoms with Crippen LogP contribution in [0.2, 0.25) is 0 Å². The molecule has 108 valence electrons. The molecule has 0 bridgehead atoms. The van der Waals surface area contributed by atoms with E-state index in [9.17, 15) is 0 Å². The standard InChI is InChI=1S/C13H26N6/c1-6-10-12(15-8-16-13(10)18-14)17-11(9(2)3)7-19(4)5/h8-9,11H,6-7,14H2,1-5H3,(H2,15,16,17,18). The van der Waals surface area contributed by atoms with E-state index in [2.05, 4.69) is 60.5 Å². The van der Waals surface area contributed by atoms with Crippen LogP contribution >= 0.6 is 0 Å². The number of hydrazine groups is 1. The van der Waals surface area contributed by atoms with Crippen molar-refractivity contribution in [3.63, 3.8) is 0 Å². The number of likely N-dealkylation sites (N-methyl/N-ethyl adjacent to an activating group) is 1. The molecule has 0 radical (unpaired) electrons. The highest BCUT2D eigenvalue weighted by Gasteiger charge is 2.17. The molecule has 4 N–H and O–H groups in total. The SMILES string of the molecule is CCc1c(NN)ncnc1NC(CN(C)C)C(C)C. The lowest BCUT2D eigenvalue weighted by atomic mass is 10.0. The molecule has 6 nitrogen and oxygen atoms in total. The molecule has 0 amide bonds. The summed E-state index contributed by atoms with van der Waals surface area (Å²) in [5.41, 5.74) is 3.65. The molecule has 0 saturated heterocycles. The summed E-state index contributed by atoms with van der Waals surface area (Å²) in [6.45, 7) is 7.43. The Morgan fingerprint density at radius 3 is 2.37 bits per heavy atom. The van der Waals surface area contributed by atoms with Crippen molar-refractivity contribution in [1.29, 1.82) is 0 Å². The van der Waals surface area contributed by atoms with Gasteiger partial charge in [0.1, 0.15) is 18.0 Å². The van der Waals surface area contributed by atoms with Crippen LogP contribution in [0.5, 0.6) is 0 Å². The minimum atomic E-state index is 0.334. The number of hydrogen-bond donors (Lipinski definition) is 3. The molecule has 1 aromatic heterocycles. The van der Waals surface area contributed by atoms with Gasteiger partial charge in [0.05, 0.1) is 0 Å². The van der Waals surface area contributed by atoms with E-state index in [0.29, 0.717) is 17.8 Å². The molecule has 1 atom stereocenters. The summed E-state index contributed by atoms with van der Waals surface area (Å²) in [4.78, 5) is 10.7. The van der Waals surface area contributed by atoms with Gasteiger partial charge in [0.2, 0.25) is 0 Å². The average molecular weight is 266 g/mol. The molecule has 1 rings (SSSR count). The number of nitrogens with one attached hydrogen (secondary N) is 2. The van der Waals surface area contributed by atoms with Gasteiger partial charge in [0.15, 0.2) is 0 Å². The zero-order valence-electron chi connectivity index (χ0n) is 12.6. The maximum Gasteiger partial charge on any atom is 0.148 e. The van der Waals surface area contributed by atoms with Crippen LogP contribution in [0.3, 0.4) is 0 Å². The van der Waals surface area contributed by atoms with Crippen molar-refractivity contribution in [2.75, 3.05) is 31.4 Å². The Hall–Kier alpha value is -1.40. The van der Waals surface area contributed by atoms with Gasteiger partial charge >= 0.3 is 0 Å². The first-order valence-corrected chi connectivity index (χ1v) is 6.71. The normalized spacial score (nSPS) is 12.8. The number of nitrogens with two attached hydrogens (primary N) is 1. The van der Waals surface area contributed by atoms with Crippen molar-refractivity contribution in [3.05, 3.63) is 11.9 Å². The van der Waals surface area contributed by atoms with E-state index in [1.165, 1.54) is 6.33 Å². The molecule has 0 aromatic carbocycles. The molecule has 0 saturated carbocycles. The predicted molar refractivity (Wildman–Crippen MR) is 80.0 cm³/mol. The number of aromatic nitrogens is 2. The highest BCUT2D eigenvalue weighted by atomic mass is 15.3. The van der Waals surface area contributed by atoms with Crippen molar-refractivity contribution in [1.82, 2.24) is 14.9 Å². The van der Waals surface area contributed by atoms with Crippen molar-refractivity contribution >= 4 is 11.6 Å². The van der Waals surface area contributed by atoms with E-state index in [4.69, 9.17) is 5.84 Å². The van der Waals surface area contributed by atoms with Crippen molar-refractivity contribution < 1.29 is 0 Å². The fourth-order valence-corrected chi connectivity index (χ4v) is 1.99. The van der Waals surface area contributed by atoms with Gasteiger partial charge < -0.3 is 15.6 Å². The Kier molecular flexibility index (Phi) is 5.98. The second-order valence-electron chi connectivity index (χ2n) is 5.30. The maximum absolute atomic E-state index is 5.49. The van der Waals surface area contributed by atoms with E-state index >= 15 is 0 Å². The second kappa shape index (κ2) is 7.25. The van der Waals surface area contributed by atoms with Crippen LogP contribution in [0.25, 0.3) is 0 Å². The molecular weight excluding hydrogens is 240 g/mol. The largest absolute Gasteiger partial charge is 0.365 e. The van der Waals surface area contributed by atoms with Crippen LogP contribution in [0.4, 0.5) is 11.6 Å². The second-order valence-corrected chi connectivity index (χ2v) is 5.30. The van der Waals surface area contributed by atoms with Gasteiger partial charge in [-0.1, -0.05) is 20.8 Å². The van der Waals surface area contributed by atoms with E-state index in [-0.39, 0.29) is 0 Å². The summed E-state index contributed by atoms with van der Waals surface area (Å²) in [6, 6.07) is 0.334. The van der Waals surface area contributed by atoms with Gasteiger partial charge in [-0.2, -0.15) is 0 Å². The Bertz CT molecular complexity index is 391. The van der Waals surface area contributed by atoms with Crippen LogP contribution in [0, 0.1) is 5.92 Å². The summed E-state index contributed by atoms with van der Waals surface area (Å²) >= 11 is 0. The lowest BCUT2D eigenvalue weighted by molar-refractivity contribution is 0.344. The van der Waals surface area contributed by atoms with Gasteiger partial charge in [-0.3, -0.25) is 0 Å². The zero-order valence-corrected chi connectivity index (χ0v) is 12.6. The third kappa shape index (κ3) is 4.33. The highest BCUT2D eigenvalue weighted by Crippen LogP contribution is 2.21. The number of anilines is 2. The first kappa shape index (κ1) is 15.7. The Labute approximate surface area is 115 Å². The Morgan fingerprint density at radius 2 is 1.89 bits per heavy atom. The van der Waals surface area contributed by atoms with Gasteiger partial charge in [-0.25, -0.2) is 15.8 Å². The van der Waals surface area contributed by atoms with Gasteiger partial charge in [-0.15, -0.1) is 0 Å². The van der Waals surface area contributed by atoms with Crippen LogP contribution in [-0.4, -0.2) is 41.5 Å². The van der Waals surface area contributed by atoms with E-state index in [0.717, 1.165) is 24.3 Å². The predicted octanol–water partition coefficient (Wildman–Crippen LogP) is 1.32. The van der Waals surface area contributed by atoms with Gasteiger partial charge in [0.25, 0.3) is 0 Å². The van der Waals surface area contributed by atoms with E-state index in [1.54, 1.807) is 0 Å². The van der Waals surface area contributed by atoms with Crippen molar-refractivity contribution in [2.24, 2.45) is 11.8 Å². The first-order chi connectivity index (χ1) is 8.99. The fourth-order valence-electron chi connectivity index (χ4n) is 1.99. The summed E-state index contributed by atoms with van der Waals surface area (Å²) < 4.78 is 0. The minimum absolute atomic E-state index is 0.334. The summed E-state index contributed by atoms with van der Waals surface area (Å²) in [5.74, 6) is 7.55. The monoisotopic (exact) mass is 266 g/mol. The number of nitrogens with zero attached hydrogens (tertiary/aromatic N) is 3. The summed E-state index contributed by atoms with van der Waals surface area (Å²) in [6.07, 6.45) is 2.36. The zero-order chi connectivity index (χ0) is 14.4. The van der Waals surface area contributed by atoms with Crippen molar-refractivity contribution in [2.45, 2.75) is 33.2 Å². The van der Waals surface area contributed by atoms with Gasteiger partial charge in [0, 0.05) is 18.2 Å². The lowest BCUT2D eigenvalue weighted by Crippen LogP contribution is -2.37. The summed E-state index contributed by atoms with van der Waals surface area (Å²) in [5, 5.41) is 3.52. The van der Waals surface area contributed by atoms with E-state index in [1.807, 2.05) is 0 Å². The molecule has 1 heterocycles. The smallest absolute Gasteiger partial charge is 0.148 e. The number of hydrogen-bond acceptors (Lipinski definition) is 6. The average Bonchev–Trinajstić information content (AvgIpc) is 2.36. The number of nitrogen functional groups attached to an aromatic ring is 1. The topological polar surface area (TPSA) is 79.1 Å². The third-order valence-electron chi connectivity index (χ3n) is 3.12. The highest BCUT2D eigenvalue weighted by molar-refractivity contribution is 5.57. The van der Waals surface area contributed by atoms with Gasteiger partial charge in [-0.05, 0) is 26.4 Å². The molecule has 0 aliphatic carbocycles. The lowest BCUT2D eigenvalue weighted by Gasteiger charge is -2.27. The molecule has 0 fully saturated rings. The fraction of sp³-hybridized carbons (Fsp3) is 0.692. The molecule has 1 aromatic rings. The molecule has 6 heteroatoms. The Balaban J connectivity index is 2.95. The van der Waals surface area contributed by atoms with Crippen molar-refractivity contribution in [3.8, 4) is 0 Å².